The minimum absolute atomic E-state index is 0.0465. The molecule has 7 nitrogen and oxygen atoms in total. The van der Waals surface area contributed by atoms with Crippen molar-refractivity contribution < 1.29 is 31.4 Å². The van der Waals surface area contributed by atoms with Crippen LogP contribution >= 0.6 is 0 Å². The lowest BCUT2D eigenvalue weighted by atomic mass is 10.2. The van der Waals surface area contributed by atoms with Crippen molar-refractivity contribution in [2.45, 2.75) is 68.1 Å². The minimum Gasteiger partial charge on any atom is -0.471 e. The molecule has 1 heterocycles. The summed E-state index contributed by atoms with van der Waals surface area (Å²) in [7, 11) is -3.62. The Hall–Kier alpha value is -2.40. The lowest BCUT2D eigenvalue weighted by Crippen LogP contribution is -2.27. The first-order valence-corrected chi connectivity index (χ1v) is 11.4. The van der Waals surface area contributed by atoms with E-state index in [0.717, 1.165) is 12.8 Å². The Kier molecular flexibility index (Phi) is 6.75. The van der Waals surface area contributed by atoms with Crippen LogP contribution in [0.3, 0.4) is 0 Å². The van der Waals surface area contributed by atoms with Gasteiger partial charge >= 0.3 is 6.18 Å². The topological polar surface area (TPSA) is 101 Å². The van der Waals surface area contributed by atoms with Gasteiger partial charge in [0.25, 0.3) is 0 Å². The lowest BCUT2D eigenvalue weighted by molar-refractivity contribution is -0.140. The molecule has 2 atom stereocenters. The predicted octanol–water partition coefficient (Wildman–Crippen LogP) is 4.10. The fourth-order valence-electron chi connectivity index (χ4n) is 3.30. The van der Waals surface area contributed by atoms with Crippen LogP contribution in [-0.2, 0) is 16.0 Å². The quantitative estimate of drug-likeness (QED) is 0.643. The molecular weight excluding hydrogens is 435 g/mol. The zero-order valence-electron chi connectivity index (χ0n) is 17.1. The Morgan fingerprint density at radius 1 is 1.19 bits per heavy atom. The van der Waals surface area contributed by atoms with Gasteiger partial charge in [-0.3, -0.25) is 0 Å². The number of halogens is 3. The van der Waals surface area contributed by atoms with Crippen molar-refractivity contribution in [1.82, 2.24) is 9.97 Å². The highest BCUT2D eigenvalue weighted by atomic mass is 32.2. The number of sulfone groups is 1. The third kappa shape index (κ3) is 5.27. The summed E-state index contributed by atoms with van der Waals surface area (Å²) in [5.41, 5.74) is -1.03. The van der Waals surface area contributed by atoms with Gasteiger partial charge in [0, 0.05) is 6.20 Å². The summed E-state index contributed by atoms with van der Waals surface area (Å²) in [6, 6.07) is 6.14. The molecule has 0 saturated heterocycles. The van der Waals surface area contributed by atoms with E-state index < -0.39 is 44.9 Å². The van der Waals surface area contributed by atoms with Gasteiger partial charge in [-0.15, -0.1) is 0 Å². The van der Waals surface area contributed by atoms with E-state index in [2.05, 4.69) is 15.3 Å². The van der Waals surface area contributed by atoms with Crippen molar-refractivity contribution in [3.8, 4) is 5.88 Å². The number of nitrogens with one attached hydrogen (secondary N) is 1. The molecule has 0 bridgehead atoms. The summed E-state index contributed by atoms with van der Waals surface area (Å²) < 4.78 is 71.3. The average molecular weight is 459 g/mol. The Balaban J connectivity index is 1.96. The molecular formula is C20H24F3N3O4S. The van der Waals surface area contributed by atoms with E-state index in [1.807, 2.05) is 0 Å². The average Bonchev–Trinajstić information content (AvgIpc) is 3.23. The molecule has 11 heteroatoms. The van der Waals surface area contributed by atoms with Crippen LogP contribution in [0, 0.1) is 0 Å². The van der Waals surface area contributed by atoms with Crippen molar-refractivity contribution in [2.24, 2.45) is 0 Å². The van der Waals surface area contributed by atoms with Crippen molar-refractivity contribution in [3.63, 3.8) is 0 Å². The summed E-state index contributed by atoms with van der Waals surface area (Å²) in [5.74, 6) is -1.01. The summed E-state index contributed by atoms with van der Waals surface area (Å²) in [4.78, 5) is 7.55. The third-order valence-electron chi connectivity index (χ3n) is 5.22. The van der Waals surface area contributed by atoms with E-state index in [-0.39, 0.29) is 16.5 Å². The highest BCUT2D eigenvalue weighted by Gasteiger charge is 2.37. The molecule has 2 aromatic rings. The molecule has 1 saturated carbocycles. The molecule has 2 N–H and O–H groups in total. The predicted molar refractivity (Wildman–Crippen MR) is 108 cm³/mol. The smallest absolute Gasteiger partial charge is 0.423 e. The summed E-state index contributed by atoms with van der Waals surface area (Å²) in [6.45, 7) is 2.78. The number of aromatic nitrogens is 2. The van der Waals surface area contributed by atoms with Crippen LogP contribution in [0.25, 0.3) is 0 Å². The number of nitrogens with zero attached hydrogens (tertiary/aromatic N) is 2. The highest BCUT2D eigenvalue weighted by molar-refractivity contribution is 7.92. The molecule has 170 valence electrons. The molecule has 0 amide bonds. The zero-order valence-corrected chi connectivity index (χ0v) is 17.9. The fourth-order valence-corrected chi connectivity index (χ4v) is 5.31. The Morgan fingerprint density at radius 3 is 2.45 bits per heavy atom. The maximum atomic E-state index is 13.3. The third-order valence-corrected chi connectivity index (χ3v) is 7.54. The van der Waals surface area contributed by atoms with Crippen LogP contribution in [0.1, 0.15) is 45.1 Å². The van der Waals surface area contributed by atoms with Gasteiger partial charge in [-0.1, -0.05) is 25.0 Å². The van der Waals surface area contributed by atoms with Gasteiger partial charge in [0.05, 0.1) is 21.9 Å². The van der Waals surface area contributed by atoms with Crippen LogP contribution in [0.15, 0.2) is 35.4 Å². The van der Waals surface area contributed by atoms with Crippen molar-refractivity contribution >= 4 is 21.5 Å². The molecule has 0 aliphatic heterocycles. The Bertz CT molecular complexity index is 1020. The molecule has 1 aliphatic carbocycles. The van der Waals surface area contributed by atoms with Crippen LogP contribution in [0.2, 0.25) is 0 Å². The monoisotopic (exact) mass is 459 g/mol. The van der Waals surface area contributed by atoms with Gasteiger partial charge in [0.15, 0.2) is 9.84 Å². The first-order chi connectivity index (χ1) is 14.5. The number of benzene rings is 1. The second-order valence-corrected chi connectivity index (χ2v) is 9.74. The first kappa shape index (κ1) is 23.3. The van der Waals surface area contributed by atoms with Gasteiger partial charge in [-0.05, 0) is 38.8 Å². The molecule has 3 rings (SSSR count). The molecule has 31 heavy (non-hydrogen) atoms. The molecule has 0 radical (unpaired) electrons. The van der Waals surface area contributed by atoms with E-state index in [4.69, 9.17) is 4.74 Å². The maximum Gasteiger partial charge on any atom is 0.423 e. The van der Waals surface area contributed by atoms with E-state index >= 15 is 0 Å². The van der Waals surface area contributed by atoms with Crippen molar-refractivity contribution in [2.75, 3.05) is 5.32 Å². The standard InChI is InChI=1S/C20H24F3N3O4S/c1-12(27)13(2)30-18-15(20(21,22)23)11-24-19(26-18)25-16-9-5-6-10-17(16)31(28,29)14-7-3-4-8-14/h5-6,9-14,27H,3-4,7-8H2,1-2H3,(H,24,25,26)/t12-,13-/m1/s1. The zero-order chi connectivity index (χ0) is 22.8. The molecule has 1 aromatic carbocycles. The summed E-state index contributed by atoms with van der Waals surface area (Å²) in [6.07, 6.45) is -3.38. The molecule has 1 aromatic heterocycles. The van der Waals surface area contributed by atoms with Crippen LogP contribution < -0.4 is 10.1 Å². The van der Waals surface area contributed by atoms with E-state index in [9.17, 15) is 26.7 Å². The van der Waals surface area contributed by atoms with E-state index in [0.29, 0.717) is 19.0 Å². The largest absolute Gasteiger partial charge is 0.471 e. The van der Waals surface area contributed by atoms with Gasteiger partial charge in [-0.2, -0.15) is 18.2 Å². The van der Waals surface area contributed by atoms with Gasteiger partial charge < -0.3 is 15.2 Å². The Labute approximate surface area is 178 Å². The molecule has 0 unspecified atom stereocenters. The summed E-state index contributed by atoms with van der Waals surface area (Å²) in [5, 5.41) is 11.8. The van der Waals surface area contributed by atoms with Gasteiger partial charge in [0.2, 0.25) is 11.8 Å². The molecule has 1 fully saturated rings. The summed E-state index contributed by atoms with van der Waals surface area (Å²) >= 11 is 0. The number of anilines is 2. The van der Waals surface area contributed by atoms with E-state index in [1.165, 1.54) is 26.0 Å². The molecule has 0 spiro atoms. The van der Waals surface area contributed by atoms with Crippen LogP contribution in [0.5, 0.6) is 5.88 Å². The van der Waals surface area contributed by atoms with Crippen molar-refractivity contribution in [1.29, 1.82) is 0 Å². The number of alkyl halides is 3. The number of ether oxygens (including phenoxy) is 1. The normalized spacial score (nSPS) is 17.4. The number of para-hydroxylation sites is 1. The maximum absolute atomic E-state index is 13.3. The van der Waals surface area contributed by atoms with Gasteiger partial charge in [0.1, 0.15) is 11.7 Å². The van der Waals surface area contributed by atoms with Crippen LogP contribution in [0.4, 0.5) is 24.8 Å². The number of hydrogen-bond acceptors (Lipinski definition) is 7. The number of rotatable bonds is 7. The highest BCUT2D eigenvalue weighted by Crippen LogP contribution is 2.37. The van der Waals surface area contributed by atoms with E-state index in [1.54, 1.807) is 12.1 Å². The van der Waals surface area contributed by atoms with Crippen LogP contribution in [-0.4, -0.2) is 41.0 Å². The first-order valence-electron chi connectivity index (χ1n) is 9.89. The lowest BCUT2D eigenvalue weighted by Gasteiger charge is -2.20. The number of hydrogen-bond donors (Lipinski definition) is 2. The number of aliphatic hydroxyl groups is 1. The minimum atomic E-state index is -4.77. The van der Waals surface area contributed by atoms with Gasteiger partial charge in [-0.25, -0.2) is 13.4 Å². The Morgan fingerprint density at radius 2 is 1.84 bits per heavy atom. The second-order valence-electron chi connectivity index (χ2n) is 7.55. The SMILES string of the molecule is C[C@@H](O)[C@@H](C)Oc1nc(Nc2ccccc2S(=O)(=O)C2CCCC2)ncc1C(F)(F)F. The van der Waals surface area contributed by atoms with Crippen molar-refractivity contribution in [3.05, 3.63) is 36.0 Å². The molecule has 1 aliphatic rings. The number of aliphatic hydroxyl groups excluding tert-OH is 1. The second kappa shape index (κ2) is 8.99. The fraction of sp³-hybridized carbons (Fsp3) is 0.500.